The van der Waals surface area contributed by atoms with E-state index in [2.05, 4.69) is 20.9 Å². The summed E-state index contributed by atoms with van der Waals surface area (Å²) in [6.07, 6.45) is 0.953. The van der Waals surface area contributed by atoms with Crippen LogP contribution in [-0.2, 0) is 0 Å². The van der Waals surface area contributed by atoms with Gasteiger partial charge in [0.2, 0.25) is 0 Å². The molecule has 0 aliphatic carbocycles. The number of hydrogen-bond acceptors (Lipinski definition) is 2. The molecule has 4 heteroatoms. The van der Waals surface area contributed by atoms with Crippen molar-refractivity contribution in [3.8, 4) is 0 Å². The molecule has 1 N–H and O–H groups in total. The van der Waals surface area contributed by atoms with E-state index in [1.54, 1.807) is 19.2 Å². The van der Waals surface area contributed by atoms with Crippen molar-refractivity contribution < 1.29 is 9.50 Å². The van der Waals surface area contributed by atoms with Crippen molar-refractivity contribution in [3.63, 3.8) is 0 Å². The number of aromatic nitrogens is 1. The van der Waals surface area contributed by atoms with E-state index in [4.69, 9.17) is 0 Å². The lowest BCUT2D eigenvalue weighted by molar-refractivity contribution is 0.193. The number of nitrogens with zero attached hydrogens (tertiary/aromatic N) is 1. The van der Waals surface area contributed by atoms with Gasteiger partial charge in [0.25, 0.3) is 0 Å². The lowest BCUT2D eigenvalue weighted by atomic mass is 10.1. The molecule has 1 unspecified atom stereocenters. The van der Waals surface area contributed by atoms with Crippen LogP contribution in [0.1, 0.15) is 18.7 Å². The third-order valence-electron chi connectivity index (χ3n) is 2.22. The van der Waals surface area contributed by atoms with Gasteiger partial charge >= 0.3 is 0 Å². The number of fused-ring (bicyclic) bond motifs is 1. The van der Waals surface area contributed by atoms with Gasteiger partial charge in [-0.05, 0) is 41.1 Å². The summed E-state index contributed by atoms with van der Waals surface area (Å²) in [5.74, 6) is -0.300. The van der Waals surface area contributed by atoms with E-state index >= 15 is 0 Å². The smallest absolute Gasteiger partial charge is 0.123 e. The molecule has 2 nitrogen and oxygen atoms in total. The Labute approximate surface area is 94.9 Å². The Hall–Kier alpha value is -1.00. The Morgan fingerprint density at radius 2 is 2.20 bits per heavy atom. The fraction of sp³-hybridized carbons (Fsp3) is 0.182. The first-order valence-corrected chi connectivity index (χ1v) is 5.30. The van der Waals surface area contributed by atoms with Crippen LogP contribution in [0.3, 0.4) is 0 Å². The molecule has 0 bridgehead atoms. The average molecular weight is 270 g/mol. The molecule has 1 aromatic heterocycles. The van der Waals surface area contributed by atoms with Crippen molar-refractivity contribution in [3.05, 3.63) is 40.4 Å². The van der Waals surface area contributed by atoms with Gasteiger partial charge in [0.15, 0.2) is 0 Å². The van der Waals surface area contributed by atoms with E-state index < -0.39 is 6.10 Å². The third-order valence-corrected chi connectivity index (χ3v) is 3.05. The van der Waals surface area contributed by atoms with Gasteiger partial charge < -0.3 is 5.11 Å². The van der Waals surface area contributed by atoms with E-state index in [1.807, 2.05) is 0 Å². The largest absolute Gasteiger partial charge is 0.387 e. The summed E-state index contributed by atoms with van der Waals surface area (Å²) >= 11 is 3.33. The molecule has 2 rings (SSSR count). The molecule has 1 atom stereocenters. The summed E-state index contributed by atoms with van der Waals surface area (Å²) in [5, 5.41) is 11.0. The second kappa shape index (κ2) is 3.87. The first-order valence-electron chi connectivity index (χ1n) is 4.51. The summed E-state index contributed by atoms with van der Waals surface area (Å²) < 4.78 is 13.7. The highest BCUT2D eigenvalue weighted by Crippen LogP contribution is 2.29. The molecule has 78 valence electrons. The van der Waals surface area contributed by atoms with Gasteiger partial charge in [0.05, 0.1) is 11.8 Å². The second-order valence-corrected chi connectivity index (χ2v) is 4.16. The number of aliphatic hydroxyl groups excluding tert-OH is 1. The minimum Gasteiger partial charge on any atom is -0.387 e. The van der Waals surface area contributed by atoms with Gasteiger partial charge in [-0.15, -0.1) is 0 Å². The third kappa shape index (κ3) is 1.87. The van der Waals surface area contributed by atoms with Gasteiger partial charge in [-0.1, -0.05) is 0 Å². The number of benzene rings is 1. The lowest BCUT2D eigenvalue weighted by Gasteiger charge is -2.09. The van der Waals surface area contributed by atoms with Crippen molar-refractivity contribution in [1.82, 2.24) is 4.98 Å². The maximum Gasteiger partial charge on any atom is 0.123 e. The van der Waals surface area contributed by atoms with Crippen LogP contribution in [0.4, 0.5) is 4.39 Å². The Bertz CT molecular complexity index is 513. The van der Waals surface area contributed by atoms with Gasteiger partial charge in [-0.3, -0.25) is 4.98 Å². The molecule has 0 radical (unpaired) electrons. The molecular weight excluding hydrogens is 261 g/mol. The van der Waals surface area contributed by atoms with Crippen molar-refractivity contribution >= 4 is 26.7 Å². The SMILES string of the molecule is CC(O)c1ncc2ccc(F)cc2c1Br. The first-order chi connectivity index (χ1) is 7.09. The number of aliphatic hydroxyl groups is 1. The lowest BCUT2D eigenvalue weighted by Crippen LogP contribution is -1.97. The van der Waals surface area contributed by atoms with Gasteiger partial charge in [-0.2, -0.15) is 0 Å². The van der Waals surface area contributed by atoms with E-state index in [0.29, 0.717) is 10.2 Å². The minimum absolute atomic E-state index is 0.300. The van der Waals surface area contributed by atoms with Crippen LogP contribution < -0.4 is 0 Å². The molecule has 1 heterocycles. The zero-order chi connectivity index (χ0) is 11.0. The summed E-state index contributed by atoms with van der Waals surface area (Å²) in [4.78, 5) is 4.12. The fourth-order valence-corrected chi connectivity index (χ4v) is 2.23. The molecule has 0 aliphatic heterocycles. The van der Waals surface area contributed by atoms with Crippen molar-refractivity contribution in [1.29, 1.82) is 0 Å². The quantitative estimate of drug-likeness (QED) is 0.863. The van der Waals surface area contributed by atoms with Crippen LogP contribution in [0.15, 0.2) is 28.9 Å². The van der Waals surface area contributed by atoms with Crippen LogP contribution in [0.2, 0.25) is 0 Å². The van der Waals surface area contributed by atoms with E-state index in [1.165, 1.54) is 12.1 Å². The van der Waals surface area contributed by atoms with Crippen molar-refractivity contribution in [2.75, 3.05) is 0 Å². The molecule has 0 aliphatic rings. The topological polar surface area (TPSA) is 33.1 Å². The van der Waals surface area contributed by atoms with E-state index in [9.17, 15) is 9.50 Å². The Morgan fingerprint density at radius 3 is 2.87 bits per heavy atom. The molecule has 0 saturated heterocycles. The predicted octanol–water partition coefficient (Wildman–Crippen LogP) is 3.19. The molecule has 0 fully saturated rings. The van der Waals surface area contributed by atoms with E-state index in [-0.39, 0.29) is 5.82 Å². The second-order valence-electron chi connectivity index (χ2n) is 3.36. The molecule has 1 aromatic carbocycles. The highest BCUT2D eigenvalue weighted by Gasteiger charge is 2.11. The fourth-order valence-electron chi connectivity index (χ4n) is 1.46. The summed E-state index contributed by atoms with van der Waals surface area (Å²) in [6, 6.07) is 4.47. The first kappa shape index (κ1) is 10.5. The Balaban J connectivity index is 2.77. The van der Waals surface area contributed by atoms with Crippen LogP contribution in [-0.4, -0.2) is 10.1 Å². The summed E-state index contributed by atoms with van der Waals surface area (Å²) in [6.45, 7) is 1.62. The molecule has 2 aromatic rings. The number of hydrogen-bond donors (Lipinski definition) is 1. The van der Waals surface area contributed by atoms with Crippen LogP contribution in [0.5, 0.6) is 0 Å². The zero-order valence-corrected chi connectivity index (χ0v) is 9.62. The van der Waals surface area contributed by atoms with Crippen molar-refractivity contribution in [2.24, 2.45) is 0 Å². The maximum absolute atomic E-state index is 13.0. The van der Waals surface area contributed by atoms with Gasteiger partial charge in [0.1, 0.15) is 5.82 Å². The minimum atomic E-state index is -0.674. The molecule has 0 amide bonds. The normalized spacial score (nSPS) is 13.1. The number of pyridine rings is 1. The maximum atomic E-state index is 13.0. The van der Waals surface area contributed by atoms with Gasteiger partial charge in [0, 0.05) is 21.4 Å². The van der Waals surface area contributed by atoms with Crippen molar-refractivity contribution in [2.45, 2.75) is 13.0 Å². The van der Waals surface area contributed by atoms with Crippen LogP contribution in [0.25, 0.3) is 10.8 Å². The Kier molecular flexibility index (Phi) is 2.71. The van der Waals surface area contributed by atoms with E-state index in [0.717, 1.165) is 10.8 Å². The standard InChI is InChI=1S/C11H9BrFNO/c1-6(15)11-10(12)9-4-8(13)3-2-7(9)5-14-11/h2-6,15H,1H3. The monoisotopic (exact) mass is 269 g/mol. The average Bonchev–Trinajstić information content (AvgIpc) is 2.19. The highest BCUT2D eigenvalue weighted by atomic mass is 79.9. The molecular formula is C11H9BrFNO. The number of halogens is 2. The van der Waals surface area contributed by atoms with Crippen LogP contribution in [0, 0.1) is 5.82 Å². The summed E-state index contributed by atoms with van der Waals surface area (Å²) in [5.41, 5.74) is 0.521. The predicted molar refractivity (Wildman–Crippen MR) is 60.0 cm³/mol. The number of rotatable bonds is 1. The molecule has 0 saturated carbocycles. The molecule has 0 spiro atoms. The molecule has 15 heavy (non-hydrogen) atoms. The van der Waals surface area contributed by atoms with Gasteiger partial charge in [-0.25, -0.2) is 4.39 Å². The highest BCUT2D eigenvalue weighted by molar-refractivity contribution is 9.10. The van der Waals surface area contributed by atoms with Crippen LogP contribution >= 0.6 is 15.9 Å². The summed E-state index contributed by atoms with van der Waals surface area (Å²) in [7, 11) is 0. The zero-order valence-electron chi connectivity index (χ0n) is 8.04. The Morgan fingerprint density at radius 1 is 1.47 bits per heavy atom.